The topological polar surface area (TPSA) is 46.3 Å². The summed E-state index contributed by atoms with van der Waals surface area (Å²) in [7, 11) is 0. The second-order valence-electron chi connectivity index (χ2n) is 5.00. The highest BCUT2D eigenvalue weighted by Crippen LogP contribution is 2.34. The van der Waals surface area contributed by atoms with Crippen LogP contribution in [0.5, 0.6) is 0 Å². The van der Waals surface area contributed by atoms with Gasteiger partial charge in [-0.25, -0.2) is 4.98 Å². The van der Waals surface area contributed by atoms with Crippen molar-refractivity contribution in [1.29, 1.82) is 0 Å². The van der Waals surface area contributed by atoms with Crippen LogP contribution in [0.3, 0.4) is 0 Å². The summed E-state index contributed by atoms with van der Waals surface area (Å²) in [5.74, 6) is 0.988. The van der Waals surface area contributed by atoms with Crippen LogP contribution in [0, 0.1) is 0 Å². The Morgan fingerprint density at radius 3 is 2.18 bits per heavy atom. The third-order valence-corrected chi connectivity index (χ3v) is 3.40. The fourth-order valence-corrected chi connectivity index (χ4v) is 2.31. The van der Waals surface area contributed by atoms with E-state index in [0.29, 0.717) is 18.1 Å². The molecule has 0 aliphatic rings. The van der Waals surface area contributed by atoms with Gasteiger partial charge in [-0.2, -0.15) is 0 Å². The van der Waals surface area contributed by atoms with Gasteiger partial charge in [-0.3, -0.25) is 0 Å². The van der Waals surface area contributed by atoms with E-state index in [1.54, 1.807) is 6.08 Å². The van der Waals surface area contributed by atoms with Gasteiger partial charge in [0.05, 0.1) is 0 Å². The molecule has 1 aromatic heterocycles. The predicted molar refractivity (Wildman–Crippen MR) is 87.1 cm³/mol. The van der Waals surface area contributed by atoms with Gasteiger partial charge >= 0.3 is 0 Å². The maximum Gasteiger partial charge on any atom is 0.224 e. The van der Waals surface area contributed by atoms with Gasteiger partial charge < -0.3 is 9.52 Å². The van der Waals surface area contributed by atoms with Gasteiger partial charge in [0.15, 0.2) is 5.76 Å². The van der Waals surface area contributed by atoms with Crippen molar-refractivity contribution in [1.82, 2.24) is 4.98 Å². The van der Waals surface area contributed by atoms with Crippen molar-refractivity contribution in [3.63, 3.8) is 0 Å². The zero-order valence-corrected chi connectivity index (χ0v) is 12.1. The summed E-state index contributed by atoms with van der Waals surface area (Å²) in [6.45, 7) is 3.64. The quantitative estimate of drug-likeness (QED) is 0.698. The summed E-state index contributed by atoms with van der Waals surface area (Å²) in [5.41, 5.74) is 2.64. The maximum atomic E-state index is 10.1. The number of aliphatic hydroxyl groups excluding tert-OH is 1. The average Bonchev–Trinajstić information content (AvgIpc) is 3.02. The number of benzene rings is 2. The summed E-state index contributed by atoms with van der Waals surface area (Å²) < 4.78 is 5.86. The van der Waals surface area contributed by atoms with Gasteiger partial charge in [0.2, 0.25) is 5.89 Å². The summed E-state index contributed by atoms with van der Waals surface area (Å²) in [6.07, 6.45) is 1.28. The molecule has 1 atom stereocenters. The molecule has 1 heterocycles. The highest BCUT2D eigenvalue weighted by molar-refractivity contribution is 5.76. The minimum absolute atomic E-state index is 0.317. The summed E-state index contributed by atoms with van der Waals surface area (Å²) in [5, 5.41) is 10.1. The molecule has 0 saturated carbocycles. The smallest absolute Gasteiger partial charge is 0.224 e. The second-order valence-corrected chi connectivity index (χ2v) is 5.00. The van der Waals surface area contributed by atoms with E-state index in [9.17, 15) is 5.11 Å². The molecule has 3 heteroatoms. The third-order valence-electron chi connectivity index (χ3n) is 3.40. The molecule has 0 radical (unpaired) electrons. The van der Waals surface area contributed by atoms with E-state index < -0.39 is 6.10 Å². The monoisotopic (exact) mass is 291 g/mol. The molecule has 0 bridgehead atoms. The molecule has 0 aliphatic carbocycles. The molecule has 1 N–H and O–H groups in total. The van der Waals surface area contributed by atoms with Gasteiger partial charge in [0.1, 0.15) is 11.8 Å². The molecule has 0 aliphatic heterocycles. The number of hydrogen-bond donors (Lipinski definition) is 1. The van der Waals surface area contributed by atoms with Crippen molar-refractivity contribution < 1.29 is 9.52 Å². The lowest BCUT2D eigenvalue weighted by atomic mass is 10.1. The lowest BCUT2D eigenvalue weighted by Crippen LogP contribution is -1.95. The fourth-order valence-electron chi connectivity index (χ4n) is 2.31. The third kappa shape index (κ3) is 2.85. The zero-order valence-electron chi connectivity index (χ0n) is 12.1. The van der Waals surface area contributed by atoms with Crippen molar-refractivity contribution in [3.05, 3.63) is 79.2 Å². The van der Waals surface area contributed by atoms with Crippen LogP contribution in [-0.2, 0) is 0 Å². The van der Waals surface area contributed by atoms with Crippen LogP contribution in [-0.4, -0.2) is 10.1 Å². The van der Waals surface area contributed by atoms with E-state index >= 15 is 0 Å². The summed E-state index contributed by atoms with van der Waals surface area (Å²) >= 11 is 0. The SMILES string of the molecule is C=CC[C@H](O)c1nc(-c2ccccc2)c(-c2ccccc2)o1. The van der Waals surface area contributed by atoms with Crippen LogP contribution in [0.4, 0.5) is 0 Å². The van der Waals surface area contributed by atoms with Gasteiger partial charge in [-0.15, -0.1) is 6.58 Å². The van der Waals surface area contributed by atoms with Crippen LogP contribution >= 0.6 is 0 Å². The Morgan fingerprint density at radius 1 is 1.00 bits per heavy atom. The lowest BCUT2D eigenvalue weighted by molar-refractivity contribution is 0.147. The predicted octanol–water partition coefficient (Wildman–Crippen LogP) is 4.62. The Kier molecular flexibility index (Phi) is 4.17. The van der Waals surface area contributed by atoms with Crippen molar-refractivity contribution >= 4 is 0 Å². The zero-order chi connectivity index (χ0) is 15.4. The van der Waals surface area contributed by atoms with Gasteiger partial charge in [-0.05, 0) is 6.42 Å². The summed E-state index contributed by atoms with van der Waals surface area (Å²) in [4.78, 5) is 4.51. The van der Waals surface area contributed by atoms with E-state index in [0.717, 1.165) is 16.8 Å². The molecule has 3 nitrogen and oxygen atoms in total. The van der Waals surface area contributed by atoms with Crippen LogP contribution in [0.2, 0.25) is 0 Å². The number of hydrogen-bond acceptors (Lipinski definition) is 3. The van der Waals surface area contributed by atoms with Crippen LogP contribution in [0.15, 0.2) is 77.7 Å². The lowest BCUT2D eigenvalue weighted by Gasteiger charge is -2.01. The molecular formula is C19H17NO2. The molecule has 0 unspecified atom stereocenters. The molecule has 0 spiro atoms. The van der Waals surface area contributed by atoms with Crippen LogP contribution < -0.4 is 0 Å². The van der Waals surface area contributed by atoms with Crippen molar-refractivity contribution in [2.24, 2.45) is 0 Å². The van der Waals surface area contributed by atoms with Crippen molar-refractivity contribution in [3.8, 4) is 22.6 Å². The molecule has 22 heavy (non-hydrogen) atoms. The average molecular weight is 291 g/mol. The Morgan fingerprint density at radius 2 is 1.59 bits per heavy atom. The minimum atomic E-state index is -0.780. The van der Waals surface area contributed by atoms with Gasteiger partial charge in [0, 0.05) is 11.1 Å². The molecule has 2 aromatic carbocycles. The second kappa shape index (κ2) is 6.41. The Balaban J connectivity index is 2.12. The number of aliphatic hydroxyl groups is 1. The molecule has 0 fully saturated rings. The van der Waals surface area contributed by atoms with E-state index in [1.165, 1.54) is 0 Å². The first kappa shape index (κ1) is 14.3. The number of nitrogens with zero attached hydrogens (tertiary/aromatic N) is 1. The Hall–Kier alpha value is -2.65. The molecule has 3 aromatic rings. The van der Waals surface area contributed by atoms with Crippen molar-refractivity contribution in [2.45, 2.75) is 12.5 Å². The van der Waals surface area contributed by atoms with Crippen LogP contribution in [0.25, 0.3) is 22.6 Å². The first-order valence-electron chi connectivity index (χ1n) is 7.20. The van der Waals surface area contributed by atoms with E-state index in [2.05, 4.69) is 11.6 Å². The first-order valence-corrected chi connectivity index (χ1v) is 7.20. The largest absolute Gasteiger partial charge is 0.437 e. The Labute approximate surface area is 129 Å². The number of aromatic nitrogens is 1. The molecule has 110 valence electrons. The normalized spacial score (nSPS) is 12.0. The fraction of sp³-hybridized carbons (Fsp3) is 0.105. The molecule has 0 saturated heterocycles. The molecule has 3 rings (SSSR count). The summed E-state index contributed by atoms with van der Waals surface area (Å²) in [6, 6.07) is 19.6. The van der Waals surface area contributed by atoms with Crippen LogP contribution in [0.1, 0.15) is 18.4 Å². The first-order chi connectivity index (χ1) is 10.8. The van der Waals surface area contributed by atoms with E-state index in [4.69, 9.17) is 4.42 Å². The molecular weight excluding hydrogens is 274 g/mol. The van der Waals surface area contributed by atoms with Gasteiger partial charge in [0.25, 0.3) is 0 Å². The minimum Gasteiger partial charge on any atom is -0.437 e. The number of oxazole rings is 1. The molecule has 0 amide bonds. The highest BCUT2D eigenvalue weighted by Gasteiger charge is 2.20. The van der Waals surface area contributed by atoms with Gasteiger partial charge in [-0.1, -0.05) is 66.7 Å². The van der Waals surface area contributed by atoms with E-state index in [1.807, 2.05) is 60.7 Å². The Bertz CT molecular complexity index is 691. The highest BCUT2D eigenvalue weighted by atomic mass is 16.4. The standard InChI is InChI=1S/C19H17NO2/c1-2-9-16(21)19-20-17(14-10-5-3-6-11-14)18(22-19)15-12-7-4-8-13-15/h2-8,10-13,16,21H,1,9H2/t16-/m0/s1. The van der Waals surface area contributed by atoms with Crippen molar-refractivity contribution in [2.75, 3.05) is 0 Å². The maximum absolute atomic E-state index is 10.1. The number of rotatable bonds is 5. The van der Waals surface area contributed by atoms with E-state index in [-0.39, 0.29) is 0 Å².